The minimum Gasteiger partial charge on any atom is -0.497 e. The Balaban J connectivity index is 1.52. The third kappa shape index (κ3) is 4.81. The molecule has 1 aliphatic heterocycles. The lowest BCUT2D eigenvalue weighted by Gasteiger charge is -2.11. The maximum atomic E-state index is 13.1. The number of hydrogen-bond acceptors (Lipinski definition) is 5. The van der Waals surface area contributed by atoms with Crippen LogP contribution in [0.15, 0.2) is 78.4 Å². The normalized spacial score (nSPS) is 14.2. The van der Waals surface area contributed by atoms with E-state index in [2.05, 4.69) is 0 Å². The number of ether oxygens (including phenoxy) is 4. The number of methoxy groups -OCH3 is 2. The summed E-state index contributed by atoms with van der Waals surface area (Å²) in [6.45, 7) is 0.275. The van der Waals surface area contributed by atoms with Gasteiger partial charge >= 0.3 is 5.97 Å². The zero-order valence-corrected chi connectivity index (χ0v) is 17.6. The van der Waals surface area contributed by atoms with Crippen LogP contribution in [0.4, 0.5) is 4.39 Å². The lowest BCUT2D eigenvalue weighted by Crippen LogP contribution is -1.99. The summed E-state index contributed by atoms with van der Waals surface area (Å²) in [4.78, 5) is 12.3. The van der Waals surface area contributed by atoms with Crippen molar-refractivity contribution in [1.82, 2.24) is 0 Å². The van der Waals surface area contributed by atoms with Crippen molar-refractivity contribution in [2.75, 3.05) is 14.2 Å². The number of cyclic esters (lactones) is 1. The Bertz CT molecular complexity index is 1180. The molecule has 0 aliphatic carbocycles. The van der Waals surface area contributed by atoms with Crippen LogP contribution < -0.4 is 14.2 Å². The number of hydrogen-bond donors (Lipinski definition) is 0. The molecule has 0 bridgehead atoms. The fourth-order valence-electron chi connectivity index (χ4n) is 3.20. The van der Waals surface area contributed by atoms with Crippen molar-refractivity contribution in [3.05, 3.63) is 101 Å². The average Bonchev–Trinajstić information content (AvgIpc) is 3.19. The van der Waals surface area contributed by atoms with Gasteiger partial charge < -0.3 is 18.9 Å². The van der Waals surface area contributed by atoms with Gasteiger partial charge in [-0.05, 0) is 71.8 Å². The number of esters is 1. The Morgan fingerprint density at radius 2 is 1.66 bits per heavy atom. The highest BCUT2D eigenvalue weighted by atomic mass is 19.1. The third-order valence-electron chi connectivity index (χ3n) is 4.92. The van der Waals surface area contributed by atoms with Crippen molar-refractivity contribution < 1.29 is 28.1 Å². The van der Waals surface area contributed by atoms with E-state index in [1.165, 1.54) is 12.1 Å². The lowest BCUT2D eigenvalue weighted by atomic mass is 10.1. The van der Waals surface area contributed by atoms with Crippen LogP contribution in [0.1, 0.15) is 16.7 Å². The van der Waals surface area contributed by atoms with Gasteiger partial charge in [0.05, 0.1) is 19.8 Å². The van der Waals surface area contributed by atoms with E-state index in [9.17, 15) is 9.18 Å². The summed E-state index contributed by atoms with van der Waals surface area (Å²) in [7, 11) is 3.14. The molecule has 3 aromatic rings. The lowest BCUT2D eigenvalue weighted by molar-refractivity contribution is -0.130. The van der Waals surface area contributed by atoms with Crippen molar-refractivity contribution in [3.63, 3.8) is 0 Å². The van der Waals surface area contributed by atoms with Crippen LogP contribution in [0.2, 0.25) is 0 Å². The maximum absolute atomic E-state index is 13.1. The predicted octanol–water partition coefficient (Wildman–Crippen LogP) is 5.40. The van der Waals surface area contributed by atoms with Crippen molar-refractivity contribution in [2.24, 2.45) is 0 Å². The molecular formula is C26H21FO5. The fourth-order valence-corrected chi connectivity index (χ4v) is 3.20. The number of carbonyl (C=O) groups is 1. The number of carbonyl (C=O) groups excluding carboxylic acids is 1. The molecule has 4 rings (SSSR count). The summed E-state index contributed by atoms with van der Waals surface area (Å²) >= 11 is 0. The molecule has 0 saturated heterocycles. The Morgan fingerprint density at radius 1 is 0.906 bits per heavy atom. The highest BCUT2D eigenvalue weighted by Crippen LogP contribution is 2.32. The fraction of sp³-hybridized carbons (Fsp3) is 0.115. The first-order chi connectivity index (χ1) is 15.6. The van der Waals surface area contributed by atoms with Gasteiger partial charge in [0.2, 0.25) is 0 Å². The predicted molar refractivity (Wildman–Crippen MR) is 119 cm³/mol. The van der Waals surface area contributed by atoms with Gasteiger partial charge in [0, 0.05) is 5.56 Å². The summed E-state index contributed by atoms with van der Waals surface area (Å²) in [6.07, 6.45) is 3.43. The van der Waals surface area contributed by atoms with Crippen molar-refractivity contribution in [3.8, 4) is 17.2 Å². The summed E-state index contributed by atoms with van der Waals surface area (Å²) in [5.41, 5.74) is 2.81. The van der Waals surface area contributed by atoms with Gasteiger partial charge in [0.15, 0.2) is 11.5 Å². The van der Waals surface area contributed by atoms with Crippen LogP contribution in [0.5, 0.6) is 17.2 Å². The standard InChI is InChI=1S/C26H21FO5/c1-29-22-10-6-19(7-11-22)24-15-20(26(28)32-24)13-18-5-12-23(25(14-18)30-2)31-16-17-3-8-21(27)9-4-17/h3-15H,16H2,1-2H3/b20-13+. The minimum absolute atomic E-state index is 0.275. The molecule has 1 aliphatic rings. The molecule has 5 nitrogen and oxygen atoms in total. The van der Waals surface area contributed by atoms with Gasteiger partial charge in [-0.15, -0.1) is 0 Å². The second-order valence-corrected chi connectivity index (χ2v) is 7.05. The van der Waals surface area contributed by atoms with Crippen molar-refractivity contribution in [1.29, 1.82) is 0 Å². The minimum atomic E-state index is -0.425. The molecule has 0 saturated carbocycles. The molecule has 0 aromatic heterocycles. The Labute approximate surface area is 185 Å². The maximum Gasteiger partial charge on any atom is 0.343 e. The smallest absolute Gasteiger partial charge is 0.343 e. The van der Waals surface area contributed by atoms with Crippen molar-refractivity contribution >= 4 is 17.8 Å². The molecular weight excluding hydrogens is 411 g/mol. The Kier molecular flexibility index (Phi) is 6.22. The quantitative estimate of drug-likeness (QED) is 0.369. The molecule has 0 unspecified atom stereocenters. The van der Waals surface area contributed by atoms with Crippen LogP contribution >= 0.6 is 0 Å². The topological polar surface area (TPSA) is 54.0 Å². The molecule has 0 spiro atoms. The van der Waals surface area contributed by atoms with E-state index < -0.39 is 5.97 Å². The molecule has 0 amide bonds. The van der Waals surface area contributed by atoms with E-state index >= 15 is 0 Å². The van der Waals surface area contributed by atoms with E-state index in [0.29, 0.717) is 22.8 Å². The Morgan fingerprint density at radius 3 is 2.34 bits per heavy atom. The number of halogens is 1. The average molecular weight is 432 g/mol. The first-order valence-electron chi connectivity index (χ1n) is 9.91. The zero-order valence-electron chi connectivity index (χ0n) is 17.6. The SMILES string of the molecule is COc1ccc(C2=C/C(=C\c3ccc(OCc4ccc(F)cc4)c(OC)c3)C(=O)O2)cc1. The molecule has 162 valence electrons. The van der Waals surface area contributed by atoms with Crippen LogP contribution in [-0.4, -0.2) is 20.2 Å². The first-order valence-corrected chi connectivity index (χ1v) is 9.91. The van der Waals surface area contributed by atoms with Gasteiger partial charge in [0.1, 0.15) is 23.9 Å². The van der Waals surface area contributed by atoms with Crippen LogP contribution in [0.25, 0.3) is 11.8 Å². The highest BCUT2D eigenvalue weighted by Gasteiger charge is 2.22. The molecule has 3 aromatic carbocycles. The van der Waals surface area contributed by atoms with Gasteiger partial charge in [-0.1, -0.05) is 18.2 Å². The molecule has 0 fully saturated rings. The monoisotopic (exact) mass is 432 g/mol. The van der Waals surface area contributed by atoms with Crippen LogP contribution in [0.3, 0.4) is 0 Å². The summed E-state index contributed by atoms with van der Waals surface area (Å²) in [5.74, 6) is 1.55. The number of rotatable bonds is 7. The van der Waals surface area contributed by atoms with Crippen LogP contribution in [-0.2, 0) is 16.1 Å². The van der Waals surface area contributed by atoms with Gasteiger partial charge in [-0.3, -0.25) is 0 Å². The van der Waals surface area contributed by atoms with Gasteiger partial charge in [0.25, 0.3) is 0 Å². The molecule has 1 heterocycles. The molecule has 0 atom stereocenters. The van der Waals surface area contributed by atoms with Crippen LogP contribution in [0, 0.1) is 5.82 Å². The summed E-state index contributed by atoms with van der Waals surface area (Å²) in [6, 6.07) is 18.7. The number of benzene rings is 3. The van der Waals surface area contributed by atoms with E-state index in [1.807, 2.05) is 18.2 Å². The van der Waals surface area contributed by atoms with E-state index in [4.69, 9.17) is 18.9 Å². The molecule has 0 radical (unpaired) electrons. The summed E-state index contributed by atoms with van der Waals surface area (Å²) < 4.78 is 34.9. The second kappa shape index (κ2) is 9.39. The highest BCUT2D eigenvalue weighted by molar-refractivity contribution is 6.05. The van der Waals surface area contributed by atoms with E-state index in [0.717, 1.165) is 22.4 Å². The van der Waals surface area contributed by atoms with Crippen molar-refractivity contribution in [2.45, 2.75) is 6.61 Å². The first kappa shape index (κ1) is 21.2. The van der Waals surface area contributed by atoms with Gasteiger partial charge in [-0.25, -0.2) is 9.18 Å². The molecule has 6 heteroatoms. The van der Waals surface area contributed by atoms with Gasteiger partial charge in [-0.2, -0.15) is 0 Å². The zero-order chi connectivity index (χ0) is 22.5. The summed E-state index contributed by atoms with van der Waals surface area (Å²) in [5, 5.41) is 0. The third-order valence-corrected chi connectivity index (χ3v) is 4.92. The van der Waals surface area contributed by atoms with E-state index in [-0.39, 0.29) is 12.4 Å². The largest absolute Gasteiger partial charge is 0.497 e. The molecule has 0 N–H and O–H groups in total. The molecule has 32 heavy (non-hydrogen) atoms. The second-order valence-electron chi connectivity index (χ2n) is 7.05. The van der Waals surface area contributed by atoms with E-state index in [1.54, 1.807) is 62.8 Å². The Hall–Kier alpha value is -4.06.